The van der Waals surface area contributed by atoms with Crippen LogP contribution in [0.2, 0.25) is 0 Å². The summed E-state index contributed by atoms with van der Waals surface area (Å²) in [5.41, 5.74) is 0.500. The molecule has 0 atom stereocenters. The highest BCUT2D eigenvalue weighted by molar-refractivity contribution is 5.75. The van der Waals surface area contributed by atoms with E-state index in [4.69, 9.17) is 0 Å². The van der Waals surface area contributed by atoms with Crippen molar-refractivity contribution in [2.75, 3.05) is 0 Å². The van der Waals surface area contributed by atoms with Gasteiger partial charge in [0.05, 0.1) is 0 Å². The minimum absolute atomic E-state index is 0. The molecule has 0 saturated heterocycles. The van der Waals surface area contributed by atoms with Crippen LogP contribution in [-0.2, 0) is 0 Å². The molecule has 0 rings (SSSR count). The van der Waals surface area contributed by atoms with Gasteiger partial charge in [-0.2, -0.15) is 0 Å². The summed E-state index contributed by atoms with van der Waals surface area (Å²) in [5, 5.41) is 0. The van der Waals surface area contributed by atoms with Gasteiger partial charge in [0, 0.05) is 8.41 Å². The fourth-order valence-corrected chi connectivity index (χ4v) is 0. The van der Waals surface area contributed by atoms with Crippen molar-refractivity contribution in [3.05, 3.63) is 0 Å². The molecule has 0 aromatic rings. The maximum atomic E-state index is 2.19. The molecular weight excluding hydrogens is 143 g/mol. The smallest absolute Gasteiger partial charge is 0 e. The Bertz CT molecular complexity index is 35.5. The second-order valence-electron chi connectivity index (χ2n) is 4.00. The Labute approximate surface area is 82.7 Å². The molecule has 0 fully saturated rings. The molecule has 0 aliphatic carbocycles. The quantitative estimate of drug-likeness (QED) is 0.509. The summed E-state index contributed by atoms with van der Waals surface area (Å²) in [6.45, 7) is 17.1. The van der Waals surface area contributed by atoms with Crippen molar-refractivity contribution < 1.29 is 0 Å². The van der Waals surface area contributed by atoms with E-state index >= 15 is 0 Å². The highest BCUT2D eigenvalue weighted by Crippen LogP contribution is 2.07. The summed E-state index contributed by atoms with van der Waals surface area (Å²) in [4.78, 5) is 0. The Kier molecular flexibility index (Phi) is 32.6. The van der Waals surface area contributed by atoms with Gasteiger partial charge in [0.1, 0.15) is 0 Å². The molecule has 1 heteroatoms. The van der Waals surface area contributed by atoms with Gasteiger partial charge in [-0.1, -0.05) is 68.2 Å². The van der Waals surface area contributed by atoms with Crippen LogP contribution in [-0.4, -0.2) is 8.41 Å². The van der Waals surface area contributed by atoms with E-state index in [0.29, 0.717) is 5.41 Å². The third-order valence-electron chi connectivity index (χ3n) is 0.500. The Hall–Kier alpha value is 0.0649. The fraction of sp³-hybridized carbons (Fsp3) is 1.00. The van der Waals surface area contributed by atoms with Crippen molar-refractivity contribution in [1.29, 1.82) is 0 Å². The van der Waals surface area contributed by atoms with E-state index < -0.39 is 0 Å². The minimum atomic E-state index is 0. The molecule has 0 nitrogen and oxygen atoms in total. The van der Waals surface area contributed by atoms with E-state index in [1.54, 1.807) is 0 Å². The summed E-state index contributed by atoms with van der Waals surface area (Å²) in [5.74, 6) is 0. The molecule has 0 saturated carbocycles. The molecular formula is C11H28B. The molecule has 0 heterocycles. The molecule has 12 heavy (non-hydrogen) atoms. The van der Waals surface area contributed by atoms with E-state index in [1.165, 1.54) is 12.8 Å². The average molecular weight is 171 g/mol. The van der Waals surface area contributed by atoms with Gasteiger partial charge in [-0.15, -0.1) is 0 Å². The largest absolute Gasteiger partial charge is 0.0683 e. The molecule has 3 radical (unpaired) electrons. The normalized spacial score (nSPS) is 8.00. The molecule has 75 valence electrons. The first-order chi connectivity index (χ1) is 4.91. The zero-order valence-electron chi connectivity index (χ0n) is 10.5. The van der Waals surface area contributed by atoms with Crippen LogP contribution in [0.1, 0.15) is 68.2 Å². The second kappa shape index (κ2) is 17.2. The first-order valence-corrected chi connectivity index (χ1v) is 4.91. The molecule has 0 aliphatic heterocycles. The van der Waals surface area contributed by atoms with Crippen LogP contribution in [0.15, 0.2) is 0 Å². The molecule has 0 amide bonds. The van der Waals surface area contributed by atoms with Crippen LogP contribution in [0, 0.1) is 5.41 Å². The van der Waals surface area contributed by atoms with Crippen molar-refractivity contribution >= 4 is 8.41 Å². The molecule has 0 bridgehead atoms. The lowest BCUT2D eigenvalue weighted by molar-refractivity contribution is 0.469. The van der Waals surface area contributed by atoms with Crippen molar-refractivity contribution in [3.63, 3.8) is 0 Å². The maximum Gasteiger partial charge on any atom is 0 e. The Morgan fingerprint density at radius 3 is 0.833 bits per heavy atom. The van der Waals surface area contributed by atoms with Crippen LogP contribution in [0.4, 0.5) is 0 Å². The van der Waals surface area contributed by atoms with E-state index in [2.05, 4.69) is 41.5 Å². The summed E-state index contributed by atoms with van der Waals surface area (Å²) < 4.78 is 0. The maximum absolute atomic E-state index is 2.19. The van der Waals surface area contributed by atoms with Crippen molar-refractivity contribution in [1.82, 2.24) is 0 Å². The zero-order chi connectivity index (χ0) is 9.91. The lowest BCUT2D eigenvalue weighted by Crippen LogP contribution is -1.93. The third kappa shape index (κ3) is 729. The highest BCUT2D eigenvalue weighted by Gasteiger charge is 1.95. The standard InChI is InChI=1S/C5H12.C4H10.C2H6.B/c1-5(2,3)4;1-3-4-2;1-2;/h1-4H3;3-4H2,1-2H3;1-2H3;. The summed E-state index contributed by atoms with van der Waals surface area (Å²) in [7, 11) is 0. The molecule has 0 N–H and O–H groups in total. The monoisotopic (exact) mass is 171 g/mol. The van der Waals surface area contributed by atoms with Crippen molar-refractivity contribution in [3.8, 4) is 0 Å². The van der Waals surface area contributed by atoms with Crippen LogP contribution in [0.3, 0.4) is 0 Å². The van der Waals surface area contributed by atoms with E-state index in [9.17, 15) is 0 Å². The molecule has 0 spiro atoms. The first kappa shape index (κ1) is 22.7. The van der Waals surface area contributed by atoms with Gasteiger partial charge in [0.25, 0.3) is 0 Å². The number of hydrogen-bond donors (Lipinski definition) is 0. The summed E-state index contributed by atoms with van der Waals surface area (Å²) >= 11 is 0. The van der Waals surface area contributed by atoms with Crippen LogP contribution < -0.4 is 0 Å². The number of hydrogen-bond acceptors (Lipinski definition) is 0. The number of unbranched alkanes of at least 4 members (excludes halogenated alkanes) is 1. The lowest BCUT2D eigenvalue weighted by Gasteiger charge is -2.05. The van der Waals surface area contributed by atoms with Gasteiger partial charge in [-0.3, -0.25) is 0 Å². The van der Waals surface area contributed by atoms with Gasteiger partial charge in [0.15, 0.2) is 0 Å². The van der Waals surface area contributed by atoms with Gasteiger partial charge in [-0.05, 0) is 5.41 Å². The predicted molar refractivity (Wildman–Crippen MR) is 62.8 cm³/mol. The fourth-order valence-electron chi connectivity index (χ4n) is 0. The topological polar surface area (TPSA) is 0 Å². The van der Waals surface area contributed by atoms with Gasteiger partial charge in [0.2, 0.25) is 0 Å². The van der Waals surface area contributed by atoms with Crippen LogP contribution >= 0.6 is 0 Å². The van der Waals surface area contributed by atoms with Gasteiger partial charge < -0.3 is 0 Å². The Morgan fingerprint density at radius 1 is 0.750 bits per heavy atom. The van der Waals surface area contributed by atoms with Crippen molar-refractivity contribution in [2.45, 2.75) is 68.2 Å². The third-order valence-corrected chi connectivity index (χ3v) is 0.500. The minimum Gasteiger partial charge on any atom is -0.0683 e. The van der Waals surface area contributed by atoms with Crippen LogP contribution in [0.5, 0.6) is 0 Å². The lowest BCUT2D eigenvalue weighted by atomic mass is 10.0. The zero-order valence-corrected chi connectivity index (χ0v) is 10.5. The van der Waals surface area contributed by atoms with Crippen molar-refractivity contribution in [2.24, 2.45) is 5.41 Å². The molecule has 0 aromatic heterocycles. The Balaban J connectivity index is -0.0000000419. The predicted octanol–water partition coefficient (Wildman–Crippen LogP) is 4.50. The average Bonchev–Trinajstić information content (AvgIpc) is 1.89. The summed E-state index contributed by atoms with van der Waals surface area (Å²) in [6.07, 6.45) is 2.64. The van der Waals surface area contributed by atoms with E-state index in [1.807, 2.05) is 13.8 Å². The van der Waals surface area contributed by atoms with Crippen LogP contribution in [0.25, 0.3) is 0 Å². The molecule has 0 unspecified atom stereocenters. The highest BCUT2D eigenvalue weighted by atomic mass is 14.0. The number of rotatable bonds is 1. The van der Waals surface area contributed by atoms with E-state index in [-0.39, 0.29) is 8.41 Å². The SMILES string of the molecule is CC.CC(C)(C)C.CCCC.[B]. The first-order valence-electron chi connectivity index (χ1n) is 4.91. The molecule has 0 aliphatic rings. The summed E-state index contributed by atoms with van der Waals surface area (Å²) in [6, 6.07) is 0. The second-order valence-corrected chi connectivity index (χ2v) is 4.00. The van der Waals surface area contributed by atoms with Gasteiger partial charge >= 0.3 is 0 Å². The molecule has 0 aromatic carbocycles. The van der Waals surface area contributed by atoms with E-state index in [0.717, 1.165) is 0 Å². The Morgan fingerprint density at radius 2 is 0.833 bits per heavy atom. The van der Waals surface area contributed by atoms with Gasteiger partial charge in [-0.25, -0.2) is 0 Å².